The van der Waals surface area contributed by atoms with E-state index in [-0.39, 0.29) is 18.0 Å². The van der Waals surface area contributed by atoms with Crippen molar-refractivity contribution in [3.05, 3.63) is 18.2 Å². The summed E-state index contributed by atoms with van der Waals surface area (Å²) in [5.74, 6) is 0.835. The lowest BCUT2D eigenvalue weighted by molar-refractivity contribution is 0.252. The first-order chi connectivity index (χ1) is 10.5. The Bertz CT molecular complexity index is 559. The predicted octanol–water partition coefficient (Wildman–Crippen LogP) is 1.88. The molecule has 1 aromatic carbocycles. The number of aliphatic hydroxyl groups is 1. The Hall–Kier alpha value is -1.31. The fourth-order valence-corrected chi connectivity index (χ4v) is 3.61. The Morgan fingerprint density at radius 2 is 1.77 bits per heavy atom. The third kappa shape index (κ3) is 4.59. The lowest BCUT2D eigenvalue weighted by Crippen LogP contribution is -2.34. The zero-order valence-electron chi connectivity index (χ0n) is 13.4. The van der Waals surface area contributed by atoms with Gasteiger partial charge in [-0.25, -0.2) is 8.42 Å². The van der Waals surface area contributed by atoms with E-state index in [9.17, 15) is 8.42 Å². The second kappa shape index (κ2) is 8.97. The fourth-order valence-electron chi connectivity index (χ4n) is 2.13. The van der Waals surface area contributed by atoms with Crippen molar-refractivity contribution in [3.8, 4) is 11.5 Å². The van der Waals surface area contributed by atoms with Crippen LogP contribution < -0.4 is 9.47 Å². The molecule has 0 aromatic heterocycles. The second-order valence-electron chi connectivity index (χ2n) is 4.85. The molecule has 0 amide bonds. The molecule has 6 nitrogen and oxygen atoms in total. The molecule has 0 fully saturated rings. The average Bonchev–Trinajstić information content (AvgIpc) is 2.53. The molecule has 0 aliphatic carbocycles. The van der Waals surface area contributed by atoms with Crippen LogP contribution in [0, 0.1) is 0 Å². The summed E-state index contributed by atoms with van der Waals surface area (Å²) in [4.78, 5) is 0.134. The van der Waals surface area contributed by atoms with E-state index >= 15 is 0 Å². The number of benzene rings is 1. The first-order valence-electron chi connectivity index (χ1n) is 7.34. The van der Waals surface area contributed by atoms with Crippen LogP contribution in [0.1, 0.15) is 26.2 Å². The van der Waals surface area contributed by atoms with Crippen molar-refractivity contribution in [2.24, 2.45) is 0 Å². The summed E-state index contributed by atoms with van der Waals surface area (Å²) in [6.45, 7) is 2.32. The highest BCUT2D eigenvalue weighted by Crippen LogP contribution is 2.30. The van der Waals surface area contributed by atoms with E-state index in [0.29, 0.717) is 18.0 Å². The fraction of sp³-hybridized carbons (Fsp3) is 0.600. The van der Waals surface area contributed by atoms with Gasteiger partial charge in [-0.2, -0.15) is 4.31 Å². The van der Waals surface area contributed by atoms with E-state index < -0.39 is 10.0 Å². The molecule has 0 radical (unpaired) electrons. The van der Waals surface area contributed by atoms with Gasteiger partial charge in [0.05, 0.1) is 25.7 Å². The topological polar surface area (TPSA) is 76.1 Å². The second-order valence-corrected chi connectivity index (χ2v) is 6.79. The molecule has 0 saturated heterocycles. The number of aliphatic hydroxyl groups excluding tert-OH is 1. The van der Waals surface area contributed by atoms with Gasteiger partial charge in [-0.15, -0.1) is 0 Å². The van der Waals surface area contributed by atoms with Gasteiger partial charge in [-0.3, -0.25) is 0 Å². The van der Waals surface area contributed by atoms with Gasteiger partial charge in [0.15, 0.2) is 11.5 Å². The van der Waals surface area contributed by atoms with Crippen LogP contribution in [-0.4, -0.2) is 51.7 Å². The molecule has 126 valence electrons. The van der Waals surface area contributed by atoms with Crippen molar-refractivity contribution < 1.29 is 23.0 Å². The summed E-state index contributed by atoms with van der Waals surface area (Å²) in [7, 11) is -0.709. The molecule has 0 aliphatic rings. The smallest absolute Gasteiger partial charge is 0.243 e. The largest absolute Gasteiger partial charge is 0.493 e. The van der Waals surface area contributed by atoms with Crippen LogP contribution in [0.3, 0.4) is 0 Å². The van der Waals surface area contributed by atoms with Crippen LogP contribution in [0.2, 0.25) is 0 Å². The van der Waals surface area contributed by atoms with E-state index in [4.69, 9.17) is 14.6 Å². The van der Waals surface area contributed by atoms with E-state index in [2.05, 4.69) is 6.92 Å². The summed E-state index contributed by atoms with van der Waals surface area (Å²) in [6.07, 6.45) is 2.72. The first kappa shape index (κ1) is 18.7. The Morgan fingerprint density at radius 3 is 2.32 bits per heavy atom. The molecule has 0 bridgehead atoms. The van der Waals surface area contributed by atoms with Gasteiger partial charge in [0.25, 0.3) is 0 Å². The molecule has 1 rings (SSSR count). The molecule has 1 N–H and O–H groups in total. The van der Waals surface area contributed by atoms with Crippen LogP contribution in [0.15, 0.2) is 23.1 Å². The molecule has 0 heterocycles. The van der Waals surface area contributed by atoms with Crippen molar-refractivity contribution in [2.45, 2.75) is 31.1 Å². The number of unbranched alkanes of at least 4 members (excludes halogenated alkanes) is 2. The summed E-state index contributed by atoms with van der Waals surface area (Å²) >= 11 is 0. The summed E-state index contributed by atoms with van der Waals surface area (Å²) < 4.78 is 37.0. The van der Waals surface area contributed by atoms with Crippen molar-refractivity contribution in [1.29, 1.82) is 0 Å². The number of rotatable bonds is 10. The SMILES string of the molecule is CCCCCN(CCO)S(=O)(=O)c1ccc(OC)c(OC)c1. The number of sulfonamides is 1. The number of hydrogen-bond acceptors (Lipinski definition) is 5. The standard InChI is InChI=1S/C15H25NO5S/c1-4-5-6-9-16(10-11-17)22(18,19)13-7-8-14(20-2)15(12-13)21-3/h7-8,12,17H,4-6,9-11H2,1-3H3. The lowest BCUT2D eigenvalue weighted by atomic mass is 10.2. The monoisotopic (exact) mass is 331 g/mol. The van der Waals surface area contributed by atoms with Gasteiger partial charge >= 0.3 is 0 Å². The van der Waals surface area contributed by atoms with Crippen LogP contribution in [0.4, 0.5) is 0 Å². The number of methoxy groups -OCH3 is 2. The molecule has 0 spiro atoms. The number of ether oxygens (including phenoxy) is 2. The van der Waals surface area contributed by atoms with Crippen LogP contribution in [0.25, 0.3) is 0 Å². The van der Waals surface area contributed by atoms with E-state index in [1.165, 1.54) is 30.7 Å². The summed E-state index contributed by atoms with van der Waals surface area (Å²) in [6, 6.07) is 4.49. The maximum atomic E-state index is 12.7. The maximum absolute atomic E-state index is 12.7. The third-order valence-electron chi connectivity index (χ3n) is 3.35. The molecular weight excluding hydrogens is 306 g/mol. The minimum absolute atomic E-state index is 0.0837. The Labute approximate surface area is 132 Å². The van der Waals surface area contributed by atoms with Crippen molar-refractivity contribution in [2.75, 3.05) is 33.9 Å². The normalized spacial score (nSPS) is 11.7. The Kier molecular flexibility index (Phi) is 7.64. The maximum Gasteiger partial charge on any atom is 0.243 e. The van der Waals surface area contributed by atoms with Gasteiger partial charge in [0.2, 0.25) is 10.0 Å². The summed E-state index contributed by atoms with van der Waals surface area (Å²) in [5, 5.41) is 9.14. The van der Waals surface area contributed by atoms with Crippen LogP contribution in [0.5, 0.6) is 11.5 Å². The van der Waals surface area contributed by atoms with Gasteiger partial charge < -0.3 is 14.6 Å². The van der Waals surface area contributed by atoms with Crippen molar-refractivity contribution in [1.82, 2.24) is 4.31 Å². The van der Waals surface area contributed by atoms with Crippen LogP contribution in [-0.2, 0) is 10.0 Å². The molecular formula is C15H25NO5S. The highest BCUT2D eigenvalue weighted by atomic mass is 32.2. The van der Waals surface area contributed by atoms with E-state index in [0.717, 1.165) is 19.3 Å². The summed E-state index contributed by atoms with van der Waals surface area (Å²) in [5.41, 5.74) is 0. The van der Waals surface area contributed by atoms with Gasteiger partial charge in [0.1, 0.15) is 0 Å². The Morgan fingerprint density at radius 1 is 1.09 bits per heavy atom. The average molecular weight is 331 g/mol. The third-order valence-corrected chi connectivity index (χ3v) is 5.25. The van der Waals surface area contributed by atoms with E-state index in [1.54, 1.807) is 6.07 Å². The number of nitrogens with zero attached hydrogens (tertiary/aromatic N) is 1. The number of hydrogen-bond donors (Lipinski definition) is 1. The zero-order valence-corrected chi connectivity index (χ0v) is 14.2. The Balaban J connectivity index is 3.07. The predicted molar refractivity (Wildman–Crippen MR) is 84.9 cm³/mol. The van der Waals surface area contributed by atoms with Crippen molar-refractivity contribution in [3.63, 3.8) is 0 Å². The zero-order chi connectivity index (χ0) is 16.6. The molecule has 22 heavy (non-hydrogen) atoms. The van der Waals surface area contributed by atoms with E-state index in [1.807, 2.05) is 0 Å². The quantitative estimate of drug-likeness (QED) is 0.663. The lowest BCUT2D eigenvalue weighted by Gasteiger charge is -2.21. The molecule has 0 unspecified atom stereocenters. The highest BCUT2D eigenvalue weighted by molar-refractivity contribution is 7.89. The minimum atomic E-state index is -3.66. The molecule has 1 aromatic rings. The minimum Gasteiger partial charge on any atom is -0.493 e. The molecule has 0 saturated carbocycles. The molecule has 7 heteroatoms. The van der Waals surface area contributed by atoms with Gasteiger partial charge in [0, 0.05) is 19.2 Å². The van der Waals surface area contributed by atoms with Gasteiger partial charge in [-0.05, 0) is 18.6 Å². The van der Waals surface area contributed by atoms with Crippen LogP contribution >= 0.6 is 0 Å². The molecule has 0 atom stereocenters. The van der Waals surface area contributed by atoms with Gasteiger partial charge in [-0.1, -0.05) is 19.8 Å². The van der Waals surface area contributed by atoms with Crippen molar-refractivity contribution >= 4 is 10.0 Å². The highest BCUT2D eigenvalue weighted by Gasteiger charge is 2.24. The first-order valence-corrected chi connectivity index (χ1v) is 8.78. The molecule has 0 aliphatic heterocycles.